The van der Waals surface area contributed by atoms with Crippen molar-refractivity contribution in [3.05, 3.63) is 46.8 Å². The molecule has 0 aliphatic heterocycles. The highest BCUT2D eigenvalue weighted by Crippen LogP contribution is 2.35. The van der Waals surface area contributed by atoms with E-state index in [0.29, 0.717) is 11.6 Å². The summed E-state index contributed by atoms with van der Waals surface area (Å²) >= 11 is 0. The molecule has 0 saturated carbocycles. The Labute approximate surface area is 144 Å². The monoisotopic (exact) mass is 357 g/mol. The summed E-state index contributed by atoms with van der Waals surface area (Å²) in [6, 6.07) is 0.707. The summed E-state index contributed by atoms with van der Waals surface area (Å²) in [6.07, 6.45) is 1.57. The van der Waals surface area contributed by atoms with Gasteiger partial charge in [-0.3, -0.25) is 0 Å². The molecule has 0 unspecified atom stereocenters. The van der Waals surface area contributed by atoms with E-state index >= 15 is 0 Å². The zero-order chi connectivity index (χ0) is 18.8. The van der Waals surface area contributed by atoms with Gasteiger partial charge in [-0.2, -0.15) is 0 Å². The first-order valence-electron chi connectivity index (χ1n) is 8.03. The molecule has 0 aromatic heterocycles. The Balaban J connectivity index is 2.29. The molecule has 2 rings (SSSR count). The molecule has 1 aromatic rings. The Morgan fingerprint density at radius 3 is 2.48 bits per heavy atom. The summed E-state index contributed by atoms with van der Waals surface area (Å²) in [4.78, 5) is 12.1. The number of allylic oxidation sites excluding steroid dienone is 1. The second-order valence-corrected chi connectivity index (χ2v) is 7.11. The zero-order valence-corrected chi connectivity index (χ0v) is 14.4. The molecule has 1 aromatic carbocycles. The number of nitrogens with one attached hydrogen (secondary N) is 1. The topological polar surface area (TPSA) is 58.6 Å². The van der Waals surface area contributed by atoms with Crippen LogP contribution in [-0.4, -0.2) is 29.4 Å². The Kier molecular flexibility index (Phi) is 5.77. The molecular weight excluding hydrogens is 335 g/mol. The molecule has 0 radical (unpaired) electrons. The minimum atomic E-state index is -1.26. The molecule has 25 heavy (non-hydrogen) atoms. The maximum atomic E-state index is 14.2. The number of carbonyl (C=O) groups is 1. The van der Waals surface area contributed by atoms with E-state index in [2.05, 4.69) is 5.32 Å². The van der Waals surface area contributed by atoms with Gasteiger partial charge in [-0.1, -0.05) is 6.08 Å². The maximum absolute atomic E-state index is 14.2. The Morgan fingerprint density at radius 1 is 1.24 bits per heavy atom. The van der Waals surface area contributed by atoms with Crippen LogP contribution in [0.4, 0.5) is 18.0 Å². The first-order chi connectivity index (χ1) is 11.6. The lowest BCUT2D eigenvalue weighted by molar-refractivity contribution is 0.0493. The van der Waals surface area contributed by atoms with Crippen molar-refractivity contribution in [3.63, 3.8) is 0 Å². The summed E-state index contributed by atoms with van der Waals surface area (Å²) in [7, 11) is 0. The summed E-state index contributed by atoms with van der Waals surface area (Å²) in [5.74, 6) is -3.89. The predicted molar refractivity (Wildman–Crippen MR) is 86.6 cm³/mol. The first kappa shape index (κ1) is 19.3. The number of aliphatic hydroxyl groups excluding tert-OH is 1. The summed E-state index contributed by atoms with van der Waals surface area (Å²) in [5.41, 5.74) is -0.0505. The summed E-state index contributed by atoms with van der Waals surface area (Å²) in [5, 5.41) is 12.0. The van der Waals surface area contributed by atoms with Gasteiger partial charge in [-0.15, -0.1) is 0 Å². The molecule has 4 nitrogen and oxygen atoms in total. The zero-order valence-electron chi connectivity index (χ0n) is 14.4. The highest BCUT2D eigenvalue weighted by atomic mass is 19.2. The highest BCUT2D eigenvalue weighted by molar-refractivity contribution is 5.68. The van der Waals surface area contributed by atoms with Crippen LogP contribution in [0, 0.1) is 17.5 Å². The minimum absolute atomic E-state index is 0.0202. The molecule has 138 valence electrons. The van der Waals surface area contributed by atoms with Crippen LogP contribution in [-0.2, 0) is 4.74 Å². The van der Waals surface area contributed by atoms with Crippen LogP contribution >= 0.6 is 0 Å². The van der Waals surface area contributed by atoms with Crippen molar-refractivity contribution in [2.75, 3.05) is 6.61 Å². The SMILES string of the molecule is CC(C)(C)OC(=O)N[C@@H]1CC(CO)=CC[C@H]1c1cc(F)c(F)cc1F. The maximum Gasteiger partial charge on any atom is 0.407 e. The van der Waals surface area contributed by atoms with Crippen molar-refractivity contribution in [2.24, 2.45) is 0 Å². The Hall–Kier alpha value is -2.02. The fourth-order valence-electron chi connectivity index (χ4n) is 2.87. The van der Waals surface area contributed by atoms with Crippen molar-refractivity contribution in [2.45, 2.75) is 51.2 Å². The van der Waals surface area contributed by atoms with Crippen molar-refractivity contribution < 1.29 is 27.8 Å². The van der Waals surface area contributed by atoms with Gasteiger partial charge in [0, 0.05) is 18.0 Å². The van der Waals surface area contributed by atoms with Gasteiger partial charge in [0.15, 0.2) is 11.6 Å². The number of benzene rings is 1. The molecule has 2 N–H and O–H groups in total. The van der Waals surface area contributed by atoms with Crippen LogP contribution < -0.4 is 5.32 Å². The second-order valence-electron chi connectivity index (χ2n) is 7.11. The fourth-order valence-corrected chi connectivity index (χ4v) is 2.87. The molecule has 0 spiro atoms. The van der Waals surface area contributed by atoms with Crippen molar-refractivity contribution in [1.82, 2.24) is 5.32 Å². The van der Waals surface area contributed by atoms with E-state index in [1.165, 1.54) is 0 Å². The number of halogens is 3. The van der Waals surface area contributed by atoms with Gasteiger partial charge in [0.2, 0.25) is 0 Å². The molecule has 0 fully saturated rings. The number of hydrogen-bond donors (Lipinski definition) is 2. The fraction of sp³-hybridized carbons (Fsp3) is 0.500. The van der Waals surface area contributed by atoms with Crippen LogP contribution in [0.25, 0.3) is 0 Å². The molecular formula is C18H22F3NO3. The normalized spacial score (nSPS) is 20.8. The molecule has 1 aliphatic carbocycles. The third-order valence-electron chi connectivity index (χ3n) is 3.97. The number of hydrogen-bond acceptors (Lipinski definition) is 3. The van der Waals surface area contributed by atoms with Crippen molar-refractivity contribution in [1.29, 1.82) is 0 Å². The molecule has 2 atom stereocenters. The van der Waals surface area contributed by atoms with Gasteiger partial charge < -0.3 is 15.2 Å². The van der Waals surface area contributed by atoms with Crippen LogP contribution in [0.1, 0.15) is 45.1 Å². The standard InChI is InChI=1S/C18H22F3NO3/c1-18(2,3)25-17(24)22-16-6-10(9-23)4-5-11(16)12-7-14(20)15(21)8-13(12)19/h4,7-8,11,16,23H,5-6,9H2,1-3H3,(H,22,24)/t11-,16+/m0/s1. The highest BCUT2D eigenvalue weighted by Gasteiger charge is 2.32. The van der Waals surface area contributed by atoms with E-state index in [-0.39, 0.29) is 25.0 Å². The molecule has 1 aliphatic rings. The van der Waals surface area contributed by atoms with E-state index < -0.39 is 41.1 Å². The van der Waals surface area contributed by atoms with Gasteiger partial charge in [0.05, 0.1) is 6.61 Å². The third kappa shape index (κ3) is 4.98. The number of alkyl carbamates (subject to hydrolysis) is 1. The number of aliphatic hydroxyl groups is 1. The lowest BCUT2D eigenvalue weighted by Crippen LogP contribution is -2.44. The van der Waals surface area contributed by atoms with Crippen molar-refractivity contribution >= 4 is 6.09 Å². The smallest absolute Gasteiger partial charge is 0.407 e. The summed E-state index contributed by atoms with van der Waals surface area (Å²) in [6.45, 7) is 4.93. The van der Waals surface area contributed by atoms with E-state index in [9.17, 15) is 23.1 Å². The summed E-state index contributed by atoms with van der Waals surface area (Å²) < 4.78 is 46.1. The number of carbonyl (C=O) groups excluding carboxylic acids is 1. The van der Waals surface area contributed by atoms with E-state index in [1.54, 1.807) is 26.8 Å². The minimum Gasteiger partial charge on any atom is -0.444 e. The van der Waals surface area contributed by atoms with E-state index in [4.69, 9.17) is 4.74 Å². The molecule has 7 heteroatoms. The largest absolute Gasteiger partial charge is 0.444 e. The van der Waals surface area contributed by atoms with Gasteiger partial charge in [-0.05, 0) is 50.8 Å². The van der Waals surface area contributed by atoms with Crippen molar-refractivity contribution in [3.8, 4) is 0 Å². The van der Waals surface area contributed by atoms with Crippen LogP contribution in [0.5, 0.6) is 0 Å². The Bertz CT molecular complexity index is 683. The average Bonchev–Trinajstić information content (AvgIpc) is 2.49. The van der Waals surface area contributed by atoms with Gasteiger partial charge in [0.1, 0.15) is 11.4 Å². The van der Waals surface area contributed by atoms with Crippen LogP contribution in [0.15, 0.2) is 23.8 Å². The average molecular weight is 357 g/mol. The molecule has 1 amide bonds. The molecule has 0 heterocycles. The predicted octanol–water partition coefficient (Wildman–Crippen LogP) is 3.79. The number of amides is 1. The number of ether oxygens (including phenoxy) is 1. The third-order valence-corrected chi connectivity index (χ3v) is 3.97. The van der Waals surface area contributed by atoms with Gasteiger partial charge >= 0.3 is 6.09 Å². The lowest BCUT2D eigenvalue weighted by atomic mass is 9.80. The van der Waals surface area contributed by atoms with Crippen LogP contribution in [0.2, 0.25) is 0 Å². The molecule has 0 saturated heterocycles. The number of rotatable bonds is 3. The molecule has 0 bridgehead atoms. The Morgan fingerprint density at radius 2 is 1.88 bits per heavy atom. The van der Waals surface area contributed by atoms with E-state index in [0.717, 1.165) is 6.07 Å². The van der Waals surface area contributed by atoms with Gasteiger partial charge in [-0.25, -0.2) is 18.0 Å². The van der Waals surface area contributed by atoms with E-state index in [1.807, 2.05) is 0 Å². The first-order valence-corrected chi connectivity index (χ1v) is 8.03. The quantitative estimate of drug-likeness (QED) is 0.639. The van der Waals surface area contributed by atoms with Crippen LogP contribution in [0.3, 0.4) is 0 Å². The van der Waals surface area contributed by atoms with Gasteiger partial charge in [0.25, 0.3) is 0 Å². The lowest BCUT2D eigenvalue weighted by Gasteiger charge is -2.33. The second kappa shape index (κ2) is 7.47.